The van der Waals surface area contributed by atoms with Crippen molar-refractivity contribution in [3.05, 3.63) is 65.0 Å². The Labute approximate surface area is 138 Å². The van der Waals surface area contributed by atoms with E-state index in [9.17, 15) is 9.59 Å². The van der Waals surface area contributed by atoms with Crippen LogP contribution in [0.2, 0.25) is 0 Å². The van der Waals surface area contributed by atoms with E-state index in [1.54, 1.807) is 55.5 Å². The zero-order valence-electron chi connectivity index (χ0n) is 13.2. The van der Waals surface area contributed by atoms with Crippen LogP contribution in [0.3, 0.4) is 0 Å². The number of ether oxygens (including phenoxy) is 2. The van der Waals surface area contributed by atoms with Gasteiger partial charge in [0.15, 0.2) is 6.61 Å². The third-order valence-electron chi connectivity index (χ3n) is 3.51. The summed E-state index contributed by atoms with van der Waals surface area (Å²) in [5, 5.41) is 0.496. The quantitative estimate of drug-likeness (QED) is 0.673. The number of esters is 1. The smallest absolute Gasteiger partial charge is 0.344 e. The molecule has 0 N–H and O–H groups in total. The number of benzene rings is 2. The molecule has 3 aromatic rings. The van der Waals surface area contributed by atoms with Crippen LogP contribution < -0.4 is 10.2 Å². The van der Waals surface area contributed by atoms with E-state index in [0.29, 0.717) is 27.8 Å². The number of hydrogen-bond donors (Lipinski definition) is 0. The van der Waals surface area contributed by atoms with Crippen molar-refractivity contribution >= 4 is 16.9 Å². The Kier molecular flexibility index (Phi) is 4.61. The lowest BCUT2D eigenvalue weighted by Gasteiger charge is -2.11. The van der Waals surface area contributed by atoms with E-state index in [1.807, 2.05) is 0 Å². The second kappa shape index (κ2) is 7.00. The monoisotopic (exact) mass is 324 g/mol. The van der Waals surface area contributed by atoms with Gasteiger partial charge in [-0.25, -0.2) is 4.79 Å². The Hall–Kier alpha value is -3.08. The van der Waals surface area contributed by atoms with Crippen molar-refractivity contribution in [3.63, 3.8) is 0 Å². The van der Waals surface area contributed by atoms with Crippen LogP contribution in [0.25, 0.3) is 22.1 Å². The lowest BCUT2D eigenvalue weighted by Crippen LogP contribution is -2.15. The molecule has 0 aliphatic heterocycles. The van der Waals surface area contributed by atoms with E-state index < -0.39 is 5.97 Å². The minimum Gasteiger partial charge on any atom is -0.481 e. The Morgan fingerprint density at radius 2 is 1.79 bits per heavy atom. The standard InChI is InChI=1S/C19H16O5/c1-2-22-18(20)12-24-16-9-5-3-7-13(16)15-11-23-17-10-6-4-8-14(17)19(15)21/h3-11H,2,12H2,1H3. The summed E-state index contributed by atoms with van der Waals surface area (Å²) >= 11 is 0. The highest BCUT2D eigenvalue weighted by Crippen LogP contribution is 2.29. The fourth-order valence-corrected chi connectivity index (χ4v) is 2.42. The van der Waals surface area contributed by atoms with Crippen molar-refractivity contribution in [2.45, 2.75) is 6.92 Å². The van der Waals surface area contributed by atoms with E-state index in [1.165, 1.54) is 6.26 Å². The fourth-order valence-electron chi connectivity index (χ4n) is 2.42. The van der Waals surface area contributed by atoms with E-state index in [4.69, 9.17) is 13.9 Å². The first-order valence-corrected chi connectivity index (χ1v) is 7.59. The van der Waals surface area contributed by atoms with Gasteiger partial charge in [-0.3, -0.25) is 4.79 Å². The van der Waals surface area contributed by atoms with Crippen molar-refractivity contribution < 1.29 is 18.7 Å². The molecular formula is C19H16O5. The average molecular weight is 324 g/mol. The molecule has 0 aliphatic carbocycles. The van der Waals surface area contributed by atoms with Crippen molar-refractivity contribution in [2.24, 2.45) is 0 Å². The number of para-hydroxylation sites is 2. The first-order valence-electron chi connectivity index (χ1n) is 7.59. The molecule has 0 saturated heterocycles. The first kappa shape index (κ1) is 15.8. The predicted octanol–water partition coefficient (Wildman–Crippen LogP) is 3.40. The van der Waals surface area contributed by atoms with Crippen molar-refractivity contribution in [3.8, 4) is 16.9 Å². The highest BCUT2D eigenvalue weighted by molar-refractivity contribution is 5.83. The van der Waals surface area contributed by atoms with Crippen LogP contribution in [0.5, 0.6) is 5.75 Å². The summed E-state index contributed by atoms with van der Waals surface area (Å²) in [5.41, 5.74) is 1.33. The highest BCUT2D eigenvalue weighted by Gasteiger charge is 2.14. The Bertz CT molecular complexity index is 926. The van der Waals surface area contributed by atoms with E-state index in [2.05, 4.69) is 0 Å². The van der Waals surface area contributed by atoms with Gasteiger partial charge in [0.25, 0.3) is 0 Å². The lowest BCUT2D eigenvalue weighted by molar-refractivity contribution is -0.145. The summed E-state index contributed by atoms with van der Waals surface area (Å²) in [4.78, 5) is 24.2. The molecule has 2 aromatic carbocycles. The summed E-state index contributed by atoms with van der Waals surface area (Å²) < 4.78 is 15.9. The van der Waals surface area contributed by atoms with E-state index in [-0.39, 0.29) is 18.6 Å². The highest BCUT2D eigenvalue weighted by atomic mass is 16.6. The molecule has 3 rings (SSSR count). The molecule has 1 aromatic heterocycles. The zero-order valence-corrected chi connectivity index (χ0v) is 13.2. The second-order valence-corrected chi connectivity index (χ2v) is 5.06. The van der Waals surface area contributed by atoms with Crippen LogP contribution in [0.15, 0.2) is 64.0 Å². The Morgan fingerprint density at radius 1 is 1.04 bits per heavy atom. The van der Waals surface area contributed by atoms with Gasteiger partial charge in [0, 0.05) is 5.56 Å². The molecule has 0 saturated carbocycles. The van der Waals surface area contributed by atoms with Crippen LogP contribution >= 0.6 is 0 Å². The summed E-state index contributed by atoms with van der Waals surface area (Å²) in [7, 11) is 0. The fraction of sp³-hybridized carbons (Fsp3) is 0.158. The van der Waals surface area contributed by atoms with Crippen LogP contribution in [-0.2, 0) is 9.53 Å². The molecule has 0 amide bonds. The predicted molar refractivity (Wildman–Crippen MR) is 90.0 cm³/mol. The molecule has 0 aliphatic rings. The number of carbonyl (C=O) groups excluding carboxylic acids is 1. The minimum atomic E-state index is -0.460. The molecule has 122 valence electrons. The third-order valence-corrected chi connectivity index (χ3v) is 3.51. The molecular weight excluding hydrogens is 308 g/mol. The maximum Gasteiger partial charge on any atom is 0.344 e. The Morgan fingerprint density at radius 3 is 2.62 bits per heavy atom. The van der Waals surface area contributed by atoms with Gasteiger partial charge in [0.05, 0.1) is 17.6 Å². The van der Waals surface area contributed by atoms with Gasteiger partial charge >= 0.3 is 5.97 Å². The summed E-state index contributed by atoms with van der Waals surface area (Å²) in [6.07, 6.45) is 1.41. The van der Waals surface area contributed by atoms with Crippen molar-refractivity contribution in [1.29, 1.82) is 0 Å². The van der Waals surface area contributed by atoms with Gasteiger partial charge < -0.3 is 13.9 Å². The van der Waals surface area contributed by atoms with Gasteiger partial charge in [-0.15, -0.1) is 0 Å². The number of rotatable bonds is 5. The first-order chi connectivity index (χ1) is 11.7. The van der Waals surface area contributed by atoms with Crippen LogP contribution in [-0.4, -0.2) is 19.2 Å². The van der Waals surface area contributed by atoms with Crippen LogP contribution in [0.1, 0.15) is 6.92 Å². The maximum atomic E-state index is 12.7. The molecule has 0 radical (unpaired) electrons. The molecule has 0 spiro atoms. The largest absolute Gasteiger partial charge is 0.481 e. The van der Waals surface area contributed by atoms with Gasteiger partial charge in [-0.1, -0.05) is 30.3 Å². The Balaban J connectivity index is 2.00. The minimum absolute atomic E-state index is 0.149. The maximum absolute atomic E-state index is 12.7. The molecule has 0 fully saturated rings. The lowest BCUT2D eigenvalue weighted by atomic mass is 10.0. The van der Waals surface area contributed by atoms with Crippen LogP contribution in [0.4, 0.5) is 0 Å². The van der Waals surface area contributed by atoms with Gasteiger partial charge in [0.2, 0.25) is 5.43 Å². The second-order valence-electron chi connectivity index (χ2n) is 5.06. The summed E-state index contributed by atoms with van der Waals surface area (Å²) in [5.74, 6) is -0.0361. The van der Waals surface area contributed by atoms with Gasteiger partial charge in [-0.2, -0.15) is 0 Å². The number of fused-ring (bicyclic) bond motifs is 1. The zero-order chi connectivity index (χ0) is 16.9. The van der Waals surface area contributed by atoms with E-state index in [0.717, 1.165) is 0 Å². The van der Waals surface area contributed by atoms with Crippen molar-refractivity contribution in [1.82, 2.24) is 0 Å². The number of carbonyl (C=O) groups is 1. The summed E-state index contributed by atoms with van der Waals surface area (Å²) in [6.45, 7) is 1.80. The van der Waals surface area contributed by atoms with Crippen LogP contribution in [0, 0.1) is 0 Å². The van der Waals surface area contributed by atoms with Gasteiger partial charge in [-0.05, 0) is 25.1 Å². The number of hydrogen-bond acceptors (Lipinski definition) is 5. The normalized spacial score (nSPS) is 10.5. The molecule has 5 heteroatoms. The molecule has 5 nitrogen and oxygen atoms in total. The topological polar surface area (TPSA) is 65.7 Å². The SMILES string of the molecule is CCOC(=O)COc1ccccc1-c1coc2ccccc2c1=O. The molecule has 24 heavy (non-hydrogen) atoms. The molecule has 0 atom stereocenters. The molecule has 0 bridgehead atoms. The third kappa shape index (κ3) is 3.15. The van der Waals surface area contributed by atoms with E-state index >= 15 is 0 Å². The average Bonchev–Trinajstić information content (AvgIpc) is 2.61. The van der Waals surface area contributed by atoms with Crippen molar-refractivity contribution in [2.75, 3.05) is 13.2 Å². The molecule has 1 heterocycles. The summed E-state index contributed by atoms with van der Waals surface area (Å²) in [6, 6.07) is 14.1. The molecule has 0 unspecified atom stereocenters. The van der Waals surface area contributed by atoms with Gasteiger partial charge in [0.1, 0.15) is 17.6 Å².